The molecule has 196 valence electrons. The number of likely N-dealkylation sites (N-methyl/N-ethyl adjacent to an activating group) is 1. The van der Waals surface area contributed by atoms with Crippen LogP contribution in [0.25, 0.3) is 0 Å². The standard InChI is InChI=1S/C25H34ClN5O4S/c1-29(14-17-3-4-20(13-27)22(26)11-17)24(32)15-30-16-28-23-6-5-19(12-21(23)25(30)33)18-7-9-31(10-8-18)36(2,34)35/h3-4,11,18-19,21,23,28H,5-10,12,14-16H2,1-2H3. The number of nitrogens with zero attached hydrogens (tertiary/aromatic N) is 4. The molecule has 1 aliphatic carbocycles. The Kier molecular flexibility index (Phi) is 8.25. The third kappa shape index (κ3) is 6.02. The number of carbonyl (C=O) groups is 2. The minimum Gasteiger partial charge on any atom is -0.340 e. The molecule has 0 radical (unpaired) electrons. The molecule has 3 fully saturated rings. The van der Waals surface area contributed by atoms with Crippen molar-refractivity contribution in [2.24, 2.45) is 17.8 Å². The molecule has 0 aromatic heterocycles. The monoisotopic (exact) mass is 535 g/mol. The van der Waals surface area contributed by atoms with Crippen LogP contribution in [-0.4, -0.2) is 80.0 Å². The number of halogens is 1. The summed E-state index contributed by atoms with van der Waals surface area (Å²) < 4.78 is 25.2. The molecular weight excluding hydrogens is 502 g/mol. The number of rotatable bonds is 6. The predicted octanol–water partition coefficient (Wildman–Crippen LogP) is 2.02. The van der Waals surface area contributed by atoms with E-state index in [2.05, 4.69) is 5.32 Å². The highest BCUT2D eigenvalue weighted by atomic mass is 35.5. The fraction of sp³-hybridized carbons (Fsp3) is 0.640. The predicted molar refractivity (Wildman–Crippen MR) is 136 cm³/mol. The van der Waals surface area contributed by atoms with Crippen LogP contribution in [0.15, 0.2) is 18.2 Å². The van der Waals surface area contributed by atoms with Crippen molar-refractivity contribution in [3.8, 4) is 6.07 Å². The number of benzene rings is 1. The van der Waals surface area contributed by atoms with Gasteiger partial charge in [-0.2, -0.15) is 5.26 Å². The van der Waals surface area contributed by atoms with Gasteiger partial charge in [0.05, 0.1) is 29.4 Å². The number of carbonyl (C=O) groups excluding carboxylic acids is 2. The van der Waals surface area contributed by atoms with Crippen LogP contribution < -0.4 is 5.32 Å². The van der Waals surface area contributed by atoms with E-state index in [9.17, 15) is 18.0 Å². The Morgan fingerprint density at radius 2 is 1.94 bits per heavy atom. The van der Waals surface area contributed by atoms with E-state index in [4.69, 9.17) is 16.9 Å². The van der Waals surface area contributed by atoms with Crippen LogP contribution in [-0.2, 0) is 26.2 Å². The van der Waals surface area contributed by atoms with Gasteiger partial charge in [0.15, 0.2) is 0 Å². The molecule has 4 rings (SSSR count). The molecule has 1 N–H and O–H groups in total. The lowest BCUT2D eigenvalue weighted by molar-refractivity contribution is -0.148. The topological polar surface area (TPSA) is 114 Å². The van der Waals surface area contributed by atoms with Gasteiger partial charge in [-0.1, -0.05) is 17.7 Å². The first kappa shape index (κ1) is 26.9. The van der Waals surface area contributed by atoms with Gasteiger partial charge in [-0.15, -0.1) is 0 Å². The number of hydrogen-bond donors (Lipinski definition) is 1. The first-order valence-electron chi connectivity index (χ1n) is 12.5. The number of nitriles is 1. The van der Waals surface area contributed by atoms with Crippen LogP contribution in [0.2, 0.25) is 5.02 Å². The Morgan fingerprint density at radius 1 is 1.22 bits per heavy atom. The van der Waals surface area contributed by atoms with Gasteiger partial charge in [0.1, 0.15) is 12.6 Å². The second-order valence-corrected chi connectivity index (χ2v) is 12.7. The third-order valence-corrected chi connectivity index (χ3v) is 9.64. The van der Waals surface area contributed by atoms with Gasteiger partial charge in [-0.3, -0.25) is 14.9 Å². The van der Waals surface area contributed by atoms with E-state index < -0.39 is 10.0 Å². The summed E-state index contributed by atoms with van der Waals surface area (Å²) in [5.41, 5.74) is 1.20. The van der Waals surface area contributed by atoms with Crippen molar-refractivity contribution in [3.05, 3.63) is 34.3 Å². The number of fused-ring (bicyclic) bond motifs is 1. The quantitative estimate of drug-likeness (QED) is 0.596. The molecule has 1 aromatic rings. The molecule has 2 heterocycles. The highest BCUT2D eigenvalue weighted by molar-refractivity contribution is 7.88. The number of sulfonamides is 1. The van der Waals surface area contributed by atoms with E-state index in [0.717, 1.165) is 37.7 Å². The summed E-state index contributed by atoms with van der Waals surface area (Å²) in [5, 5.41) is 12.9. The van der Waals surface area contributed by atoms with Crippen LogP contribution in [0.1, 0.15) is 43.2 Å². The van der Waals surface area contributed by atoms with Crippen molar-refractivity contribution in [1.29, 1.82) is 5.26 Å². The molecule has 36 heavy (non-hydrogen) atoms. The second kappa shape index (κ2) is 11.1. The van der Waals surface area contributed by atoms with Gasteiger partial charge in [0, 0.05) is 32.7 Å². The molecule has 3 aliphatic rings. The number of amides is 2. The van der Waals surface area contributed by atoms with Crippen LogP contribution in [0.3, 0.4) is 0 Å². The molecule has 0 bridgehead atoms. The van der Waals surface area contributed by atoms with Crippen molar-refractivity contribution in [3.63, 3.8) is 0 Å². The molecule has 1 aromatic carbocycles. The van der Waals surface area contributed by atoms with Gasteiger partial charge in [0.2, 0.25) is 21.8 Å². The maximum Gasteiger partial charge on any atom is 0.242 e. The zero-order chi connectivity index (χ0) is 26.0. The minimum absolute atomic E-state index is 0.00692. The van der Waals surface area contributed by atoms with Crippen LogP contribution in [0.5, 0.6) is 0 Å². The zero-order valence-corrected chi connectivity index (χ0v) is 22.4. The average Bonchev–Trinajstić information content (AvgIpc) is 2.85. The van der Waals surface area contributed by atoms with Crippen molar-refractivity contribution in [2.75, 3.05) is 39.6 Å². The van der Waals surface area contributed by atoms with Crippen LogP contribution in [0, 0.1) is 29.1 Å². The molecule has 1 saturated carbocycles. The van der Waals surface area contributed by atoms with E-state index in [1.165, 1.54) is 6.26 Å². The van der Waals surface area contributed by atoms with E-state index in [-0.39, 0.29) is 30.3 Å². The van der Waals surface area contributed by atoms with E-state index in [0.29, 0.717) is 48.7 Å². The van der Waals surface area contributed by atoms with Gasteiger partial charge in [-0.25, -0.2) is 12.7 Å². The van der Waals surface area contributed by atoms with Crippen LogP contribution in [0.4, 0.5) is 0 Å². The summed E-state index contributed by atoms with van der Waals surface area (Å²) in [4.78, 5) is 29.5. The van der Waals surface area contributed by atoms with Crippen LogP contribution >= 0.6 is 11.6 Å². The molecule has 9 nitrogen and oxygen atoms in total. The maximum absolute atomic E-state index is 13.4. The molecule has 0 spiro atoms. The van der Waals surface area contributed by atoms with E-state index >= 15 is 0 Å². The molecule has 2 amide bonds. The molecule has 2 saturated heterocycles. The minimum atomic E-state index is -3.15. The third-order valence-electron chi connectivity index (χ3n) is 8.02. The van der Waals surface area contributed by atoms with Gasteiger partial charge < -0.3 is 9.80 Å². The van der Waals surface area contributed by atoms with Crippen molar-refractivity contribution in [2.45, 2.75) is 44.7 Å². The first-order valence-corrected chi connectivity index (χ1v) is 14.7. The lowest BCUT2D eigenvalue weighted by Gasteiger charge is -2.46. The van der Waals surface area contributed by atoms with Crippen molar-refractivity contribution < 1.29 is 18.0 Å². The Labute approximate surface area is 218 Å². The normalized spacial score (nSPS) is 25.8. The number of hydrogen-bond acceptors (Lipinski definition) is 6. The summed E-state index contributed by atoms with van der Waals surface area (Å²) >= 11 is 6.11. The Balaban J connectivity index is 1.32. The van der Waals surface area contributed by atoms with Gasteiger partial charge in [-0.05, 0) is 61.6 Å². The summed E-state index contributed by atoms with van der Waals surface area (Å²) in [6.07, 6.45) is 5.68. The summed E-state index contributed by atoms with van der Waals surface area (Å²) in [6, 6.07) is 7.25. The molecule has 2 aliphatic heterocycles. The molecule has 11 heteroatoms. The number of piperidine rings is 1. The fourth-order valence-corrected chi connectivity index (χ4v) is 7.01. The zero-order valence-electron chi connectivity index (χ0n) is 20.8. The van der Waals surface area contributed by atoms with E-state index in [1.54, 1.807) is 39.4 Å². The summed E-state index contributed by atoms with van der Waals surface area (Å²) in [5.74, 6) is 0.544. The average molecular weight is 536 g/mol. The maximum atomic E-state index is 13.4. The Morgan fingerprint density at radius 3 is 2.58 bits per heavy atom. The lowest BCUT2D eigenvalue weighted by atomic mass is 9.69. The Bertz CT molecular complexity index is 1150. The van der Waals surface area contributed by atoms with Gasteiger partial charge >= 0.3 is 0 Å². The first-order chi connectivity index (χ1) is 17.1. The second-order valence-electron chi connectivity index (χ2n) is 10.4. The van der Waals surface area contributed by atoms with E-state index in [1.807, 2.05) is 6.07 Å². The largest absolute Gasteiger partial charge is 0.340 e. The highest BCUT2D eigenvalue weighted by Gasteiger charge is 2.43. The molecule has 3 atom stereocenters. The Hall–Kier alpha value is -2.19. The molecule has 3 unspecified atom stereocenters. The summed E-state index contributed by atoms with van der Waals surface area (Å²) in [7, 11) is -1.46. The fourth-order valence-electron chi connectivity index (χ4n) is 5.89. The summed E-state index contributed by atoms with van der Waals surface area (Å²) in [6.45, 7) is 1.81. The lowest BCUT2D eigenvalue weighted by Crippen LogP contribution is -2.60. The SMILES string of the molecule is CN(Cc1ccc(C#N)c(Cl)c1)C(=O)CN1CNC2CCC(C3CCN(S(C)(=O)=O)CC3)CC2C1=O. The molecular formula is C25H34ClN5O4S. The van der Waals surface area contributed by atoms with Crippen molar-refractivity contribution >= 4 is 33.4 Å². The number of nitrogens with one attached hydrogen (secondary N) is 1. The van der Waals surface area contributed by atoms with Gasteiger partial charge in [0.25, 0.3) is 0 Å². The van der Waals surface area contributed by atoms with Crippen molar-refractivity contribution in [1.82, 2.24) is 19.4 Å². The highest BCUT2D eigenvalue weighted by Crippen LogP contribution is 2.40. The smallest absolute Gasteiger partial charge is 0.242 e.